The SMILES string of the molecule is O=C(C1OCCc2ccccc21)N1CCC(C(O)C(F)(F)F)CC1. The summed E-state index contributed by atoms with van der Waals surface area (Å²) in [5.41, 5.74) is 1.91. The highest BCUT2D eigenvalue weighted by Crippen LogP contribution is 2.34. The molecule has 2 aliphatic rings. The minimum Gasteiger partial charge on any atom is -0.383 e. The number of ether oxygens (including phenoxy) is 1. The van der Waals surface area contributed by atoms with Gasteiger partial charge in [-0.2, -0.15) is 13.2 Å². The lowest BCUT2D eigenvalue weighted by Gasteiger charge is -2.37. The van der Waals surface area contributed by atoms with Crippen LogP contribution in [0.2, 0.25) is 0 Å². The van der Waals surface area contributed by atoms with Crippen molar-refractivity contribution in [3.63, 3.8) is 0 Å². The van der Waals surface area contributed by atoms with Gasteiger partial charge in [0.05, 0.1) is 6.61 Å². The van der Waals surface area contributed by atoms with E-state index in [0.29, 0.717) is 6.61 Å². The van der Waals surface area contributed by atoms with Crippen molar-refractivity contribution in [1.29, 1.82) is 0 Å². The van der Waals surface area contributed by atoms with Crippen molar-refractivity contribution in [1.82, 2.24) is 4.90 Å². The lowest BCUT2D eigenvalue weighted by Crippen LogP contribution is -2.47. The van der Waals surface area contributed by atoms with Crippen LogP contribution in [0.15, 0.2) is 24.3 Å². The summed E-state index contributed by atoms with van der Waals surface area (Å²) in [6.07, 6.45) is -6.58. The molecule has 1 fully saturated rings. The van der Waals surface area contributed by atoms with Crippen molar-refractivity contribution in [3.8, 4) is 0 Å². The molecule has 0 aliphatic carbocycles. The van der Waals surface area contributed by atoms with Crippen LogP contribution in [0.4, 0.5) is 13.2 Å². The van der Waals surface area contributed by atoms with Crippen LogP contribution in [-0.2, 0) is 16.0 Å². The summed E-state index contributed by atoms with van der Waals surface area (Å²) in [4.78, 5) is 14.3. The second-order valence-corrected chi connectivity index (χ2v) is 6.35. The van der Waals surface area contributed by atoms with Crippen molar-refractivity contribution in [2.45, 2.75) is 37.6 Å². The average molecular weight is 343 g/mol. The van der Waals surface area contributed by atoms with Crippen LogP contribution in [0.1, 0.15) is 30.1 Å². The number of fused-ring (bicyclic) bond motifs is 1. The fourth-order valence-corrected chi connectivity index (χ4v) is 3.47. The number of amides is 1. The lowest BCUT2D eigenvalue weighted by molar-refractivity contribution is -0.223. The zero-order valence-electron chi connectivity index (χ0n) is 13.1. The number of piperidine rings is 1. The zero-order valence-corrected chi connectivity index (χ0v) is 13.1. The Morgan fingerprint density at radius 2 is 1.92 bits per heavy atom. The second kappa shape index (κ2) is 6.72. The molecule has 0 radical (unpaired) electrons. The molecule has 0 aromatic heterocycles. The van der Waals surface area contributed by atoms with Crippen LogP contribution in [0.3, 0.4) is 0 Å². The number of aliphatic hydroxyl groups excluding tert-OH is 1. The maximum Gasteiger partial charge on any atom is 0.414 e. The van der Waals surface area contributed by atoms with Crippen LogP contribution in [0.25, 0.3) is 0 Å². The van der Waals surface area contributed by atoms with Gasteiger partial charge in [-0.25, -0.2) is 0 Å². The van der Waals surface area contributed by atoms with E-state index in [9.17, 15) is 23.1 Å². The lowest BCUT2D eigenvalue weighted by atomic mass is 9.90. The first kappa shape index (κ1) is 17.2. The monoisotopic (exact) mass is 343 g/mol. The zero-order chi connectivity index (χ0) is 17.3. The number of nitrogens with zero attached hydrogens (tertiary/aromatic N) is 1. The van der Waals surface area contributed by atoms with Gasteiger partial charge in [0.1, 0.15) is 0 Å². The van der Waals surface area contributed by atoms with E-state index in [0.717, 1.165) is 17.5 Å². The van der Waals surface area contributed by atoms with Gasteiger partial charge in [-0.1, -0.05) is 24.3 Å². The summed E-state index contributed by atoms with van der Waals surface area (Å²) >= 11 is 0. The van der Waals surface area contributed by atoms with Gasteiger partial charge in [0, 0.05) is 13.1 Å². The molecule has 1 amide bonds. The Kier molecular flexibility index (Phi) is 4.83. The fraction of sp³-hybridized carbons (Fsp3) is 0.588. The second-order valence-electron chi connectivity index (χ2n) is 6.35. The highest BCUT2D eigenvalue weighted by atomic mass is 19.4. The topological polar surface area (TPSA) is 49.8 Å². The van der Waals surface area contributed by atoms with Crippen molar-refractivity contribution >= 4 is 5.91 Å². The molecule has 2 atom stereocenters. The van der Waals surface area contributed by atoms with E-state index >= 15 is 0 Å². The first-order valence-electron chi connectivity index (χ1n) is 8.11. The maximum atomic E-state index is 12.7. The minimum absolute atomic E-state index is 0.140. The standard InChI is InChI=1S/C17H20F3NO3/c18-17(19,20)15(22)12-5-8-21(9-6-12)16(23)14-13-4-2-1-3-11(13)7-10-24-14/h1-4,12,14-15,22H,5-10H2. The summed E-state index contributed by atoms with van der Waals surface area (Å²) < 4.78 is 43.4. The largest absolute Gasteiger partial charge is 0.414 e. The smallest absolute Gasteiger partial charge is 0.383 e. The van der Waals surface area contributed by atoms with Crippen LogP contribution in [0.5, 0.6) is 0 Å². The van der Waals surface area contributed by atoms with Gasteiger partial charge >= 0.3 is 6.18 Å². The molecule has 4 nitrogen and oxygen atoms in total. The molecule has 1 N–H and O–H groups in total. The number of hydrogen-bond acceptors (Lipinski definition) is 3. The molecule has 0 saturated carbocycles. The number of aliphatic hydroxyl groups is 1. The first-order chi connectivity index (χ1) is 11.4. The van der Waals surface area contributed by atoms with E-state index in [1.807, 2.05) is 24.3 Å². The number of carbonyl (C=O) groups excluding carboxylic acids is 1. The molecular formula is C17H20F3NO3. The molecule has 0 spiro atoms. The third-order valence-electron chi connectivity index (χ3n) is 4.85. The predicted octanol–water partition coefficient (Wildman–Crippen LogP) is 2.46. The number of alkyl halides is 3. The van der Waals surface area contributed by atoms with Gasteiger partial charge < -0.3 is 14.7 Å². The molecule has 1 saturated heterocycles. The summed E-state index contributed by atoms with van der Waals surface area (Å²) in [5, 5.41) is 9.36. The highest BCUT2D eigenvalue weighted by Gasteiger charge is 2.45. The van der Waals surface area contributed by atoms with Crippen LogP contribution >= 0.6 is 0 Å². The van der Waals surface area contributed by atoms with E-state index in [4.69, 9.17) is 4.74 Å². The van der Waals surface area contributed by atoms with E-state index in [1.165, 1.54) is 0 Å². The Bertz CT molecular complexity index is 597. The molecular weight excluding hydrogens is 323 g/mol. The number of rotatable bonds is 2. The highest BCUT2D eigenvalue weighted by molar-refractivity contribution is 5.83. The Morgan fingerprint density at radius 1 is 1.25 bits per heavy atom. The number of carbonyl (C=O) groups is 1. The number of hydrogen-bond donors (Lipinski definition) is 1. The predicted molar refractivity (Wildman–Crippen MR) is 80.2 cm³/mol. The Balaban J connectivity index is 1.64. The molecule has 2 heterocycles. The normalized spacial score (nSPS) is 23.7. The summed E-state index contributed by atoms with van der Waals surface area (Å²) in [5.74, 6) is -1.06. The summed E-state index contributed by atoms with van der Waals surface area (Å²) in [7, 11) is 0. The molecule has 132 valence electrons. The molecule has 3 rings (SSSR count). The van der Waals surface area contributed by atoms with Crippen molar-refractivity contribution in [2.24, 2.45) is 5.92 Å². The van der Waals surface area contributed by atoms with Crippen molar-refractivity contribution in [3.05, 3.63) is 35.4 Å². The van der Waals surface area contributed by atoms with Crippen molar-refractivity contribution < 1.29 is 27.8 Å². The van der Waals surface area contributed by atoms with Gasteiger partial charge in [0.25, 0.3) is 5.91 Å². The Morgan fingerprint density at radius 3 is 2.58 bits per heavy atom. The Hall–Kier alpha value is -1.60. The minimum atomic E-state index is -4.61. The molecule has 0 bridgehead atoms. The fourth-order valence-electron chi connectivity index (χ4n) is 3.47. The van der Waals surface area contributed by atoms with Gasteiger partial charge in [-0.05, 0) is 36.3 Å². The van der Waals surface area contributed by atoms with E-state index < -0.39 is 24.3 Å². The first-order valence-corrected chi connectivity index (χ1v) is 8.11. The maximum absolute atomic E-state index is 12.7. The molecule has 24 heavy (non-hydrogen) atoms. The number of halogens is 3. The van der Waals surface area contributed by atoms with Gasteiger partial charge in [-0.3, -0.25) is 4.79 Å². The van der Waals surface area contributed by atoms with Gasteiger partial charge in [0.15, 0.2) is 12.2 Å². The number of likely N-dealkylation sites (tertiary alicyclic amines) is 1. The molecule has 1 aromatic carbocycles. The molecule has 7 heteroatoms. The van der Waals surface area contributed by atoms with Gasteiger partial charge in [0.2, 0.25) is 0 Å². The summed E-state index contributed by atoms with van der Waals surface area (Å²) in [6.45, 7) is 0.869. The van der Waals surface area contributed by atoms with E-state index in [-0.39, 0.29) is 31.8 Å². The van der Waals surface area contributed by atoms with E-state index in [2.05, 4.69) is 0 Å². The van der Waals surface area contributed by atoms with Crippen molar-refractivity contribution in [2.75, 3.05) is 19.7 Å². The quantitative estimate of drug-likeness (QED) is 0.897. The average Bonchev–Trinajstić information content (AvgIpc) is 2.59. The van der Waals surface area contributed by atoms with Crippen LogP contribution in [-0.4, -0.2) is 47.9 Å². The van der Waals surface area contributed by atoms with Crippen LogP contribution < -0.4 is 0 Å². The van der Waals surface area contributed by atoms with Crippen LogP contribution in [0, 0.1) is 5.92 Å². The van der Waals surface area contributed by atoms with E-state index in [1.54, 1.807) is 4.90 Å². The molecule has 2 unspecified atom stereocenters. The Labute approximate surface area is 138 Å². The molecule has 2 aliphatic heterocycles. The third-order valence-corrected chi connectivity index (χ3v) is 4.85. The third kappa shape index (κ3) is 3.42. The summed E-state index contributed by atoms with van der Waals surface area (Å²) in [6, 6.07) is 7.58. The number of benzene rings is 1. The molecule has 1 aromatic rings. The van der Waals surface area contributed by atoms with Gasteiger partial charge in [-0.15, -0.1) is 0 Å².